The average molecular weight is 186 g/mol. The van der Waals surface area contributed by atoms with Gasteiger partial charge in [-0.3, -0.25) is 4.98 Å². The van der Waals surface area contributed by atoms with Crippen LogP contribution in [-0.4, -0.2) is 4.98 Å². The van der Waals surface area contributed by atoms with Gasteiger partial charge in [0.2, 0.25) is 0 Å². The van der Waals surface area contributed by atoms with Gasteiger partial charge in [-0.1, -0.05) is 25.1 Å². The summed E-state index contributed by atoms with van der Waals surface area (Å²) in [6, 6.07) is 8.35. The summed E-state index contributed by atoms with van der Waals surface area (Å²) in [5, 5.41) is 2.38. The Labute approximate surface area is 83.8 Å². The van der Waals surface area contributed by atoms with E-state index in [2.05, 4.69) is 24.0 Å². The lowest BCUT2D eigenvalue weighted by Crippen LogP contribution is -2.08. The maximum atomic E-state index is 6.04. The summed E-state index contributed by atoms with van der Waals surface area (Å²) in [5.41, 5.74) is 7.26. The van der Waals surface area contributed by atoms with Gasteiger partial charge in [-0.15, -0.1) is 0 Å². The van der Waals surface area contributed by atoms with Crippen molar-refractivity contribution in [2.45, 2.75) is 19.4 Å². The van der Waals surface area contributed by atoms with E-state index in [1.54, 1.807) is 0 Å². The molecule has 0 saturated carbocycles. The molecular formula is C12H14N2. The van der Waals surface area contributed by atoms with Gasteiger partial charge in [0.05, 0.1) is 0 Å². The molecule has 2 N–H and O–H groups in total. The lowest BCUT2D eigenvalue weighted by atomic mass is 9.99. The summed E-state index contributed by atoms with van der Waals surface area (Å²) in [6.45, 7) is 2.10. The van der Waals surface area contributed by atoms with Gasteiger partial charge in [-0.05, 0) is 23.4 Å². The van der Waals surface area contributed by atoms with Crippen molar-refractivity contribution in [3.05, 3.63) is 42.2 Å². The van der Waals surface area contributed by atoms with Crippen LogP contribution in [0.1, 0.15) is 24.9 Å². The van der Waals surface area contributed by atoms with Crippen LogP contribution in [0.5, 0.6) is 0 Å². The first-order valence-electron chi connectivity index (χ1n) is 4.91. The second-order valence-corrected chi connectivity index (χ2v) is 3.46. The van der Waals surface area contributed by atoms with E-state index < -0.39 is 0 Å². The molecule has 0 aliphatic heterocycles. The number of hydrogen-bond donors (Lipinski definition) is 1. The maximum absolute atomic E-state index is 6.04. The number of hydrogen-bond acceptors (Lipinski definition) is 2. The first-order chi connectivity index (χ1) is 6.83. The Balaban J connectivity index is 2.65. The number of benzene rings is 1. The average Bonchev–Trinajstić information content (AvgIpc) is 2.27. The molecule has 1 unspecified atom stereocenters. The van der Waals surface area contributed by atoms with E-state index in [0.717, 1.165) is 11.8 Å². The van der Waals surface area contributed by atoms with Crippen molar-refractivity contribution in [2.24, 2.45) is 5.73 Å². The lowest BCUT2D eigenvalue weighted by Gasteiger charge is -2.11. The quantitative estimate of drug-likeness (QED) is 0.783. The molecule has 0 spiro atoms. The normalized spacial score (nSPS) is 13.0. The summed E-state index contributed by atoms with van der Waals surface area (Å²) in [4.78, 5) is 4.10. The SMILES string of the molecule is CCC(N)c1cccc2cnccc12. The number of nitrogens with zero attached hydrogens (tertiary/aromatic N) is 1. The highest BCUT2D eigenvalue weighted by Crippen LogP contribution is 2.23. The topological polar surface area (TPSA) is 38.9 Å². The Morgan fingerprint density at radius 1 is 1.36 bits per heavy atom. The predicted molar refractivity (Wildman–Crippen MR) is 59.0 cm³/mol. The summed E-state index contributed by atoms with van der Waals surface area (Å²) in [7, 11) is 0. The van der Waals surface area contributed by atoms with Crippen LogP contribution in [0.2, 0.25) is 0 Å². The van der Waals surface area contributed by atoms with Gasteiger partial charge in [0.25, 0.3) is 0 Å². The molecule has 0 aliphatic carbocycles. The lowest BCUT2D eigenvalue weighted by molar-refractivity contribution is 0.704. The molecule has 0 amide bonds. The van der Waals surface area contributed by atoms with Crippen molar-refractivity contribution in [1.82, 2.24) is 4.98 Å². The first kappa shape index (κ1) is 9.16. The highest BCUT2D eigenvalue weighted by molar-refractivity contribution is 5.85. The van der Waals surface area contributed by atoms with E-state index in [1.807, 2.05) is 24.5 Å². The Morgan fingerprint density at radius 3 is 3.00 bits per heavy atom. The molecule has 1 aromatic heterocycles. The van der Waals surface area contributed by atoms with Crippen LogP contribution in [0.25, 0.3) is 10.8 Å². The molecule has 1 heterocycles. The third kappa shape index (κ3) is 1.49. The first-order valence-corrected chi connectivity index (χ1v) is 4.91. The van der Waals surface area contributed by atoms with Crippen molar-refractivity contribution < 1.29 is 0 Å². The van der Waals surface area contributed by atoms with E-state index >= 15 is 0 Å². The molecule has 0 bridgehead atoms. The zero-order valence-corrected chi connectivity index (χ0v) is 8.27. The molecule has 0 aliphatic rings. The van der Waals surface area contributed by atoms with E-state index in [1.165, 1.54) is 10.9 Å². The summed E-state index contributed by atoms with van der Waals surface area (Å²) >= 11 is 0. The van der Waals surface area contributed by atoms with Crippen molar-refractivity contribution in [3.63, 3.8) is 0 Å². The van der Waals surface area contributed by atoms with E-state index in [0.29, 0.717) is 0 Å². The molecule has 2 heteroatoms. The van der Waals surface area contributed by atoms with E-state index in [4.69, 9.17) is 5.73 Å². The minimum Gasteiger partial charge on any atom is -0.324 e. The Hall–Kier alpha value is -1.41. The zero-order valence-electron chi connectivity index (χ0n) is 8.27. The fourth-order valence-electron chi connectivity index (χ4n) is 1.69. The van der Waals surface area contributed by atoms with Crippen LogP contribution in [0.4, 0.5) is 0 Å². The van der Waals surface area contributed by atoms with Gasteiger partial charge >= 0.3 is 0 Å². The van der Waals surface area contributed by atoms with Crippen LogP contribution in [0.15, 0.2) is 36.7 Å². The second kappa shape index (κ2) is 3.76. The molecular weight excluding hydrogens is 172 g/mol. The molecule has 0 radical (unpaired) electrons. The standard InChI is InChI=1S/C12H14N2/c1-2-12(13)11-5-3-4-9-8-14-7-6-10(9)11/h3-8,12H,2,13H2,1H3. The Kier molecular flexibility index (Phi) is 2.46. The van der Waals surface area contributed by atoms with Gasteiger partial charge in [0.1, 0.15) is 0 Å². The molecule has 1 atom stereocenters. The minimum atomic E-state index is 0.126. The van der Waals surface area contributed by atoms with E-state index in [9.17, 15) is 0 Å². The van der Waals surface area contributed by atoms with Gasteiger partial charge in [0, 0.05) is 23.8 Å². The van der Waals surface area contributed by atoms with Crippen LogP contribution < -0.4 is 5.73 Å². The molecule has 2 rings (SSSR count). The third-order valence-electron chi connectivity index (χ3n) is 2.55. The van der Waals surface area contributed by atoms with Crippen LogP contribution in [-0.2, 0) is 0 Å². The van der Waals surface area contributed by atoms with Crippen molar-refractivity contribution in [2.75, 3.05) is 0 Å². The van der Waals surface area contributed by atoms with Crippen LogP contribution >= 0.6 is 0 Å². The number of aromatic nitrogens is 1. The third-order valence-corrected chi connectivity index (χ3v) is 2.55. The number of pyridine rings is 1. The number of fused-ring (bicyclic) bond motifs is 1. The summed E-state index contributed by atoms with van der Waals surface area (Å²) in [6.07, 6.45) is 4.65. The molecule has 2 nitrogen and oxygen atoms in total. The number of rotatable bonds is 2. The number of nitrogens with two attached hydrogens (primary N) is 1. The molecule has 0 fully saturated rings. The maximum Gasteiger partial charge on any atom is 0.0346 e. The highest BCUT2D eigenvalue weighted by atomic mass is 14.6. The molecule has 14 heavy (non-hydrogen) atoms. The van der Waals surface area contributed by atoms with Gasteiger partial charge in [0.15, 0.2) is 0 Å². The van der Waals surface area contributed by atoms with Gasteiger partial charge in [-0.2, -0.15) is 0 Å². The smallest absolute Gasteiger partial charge is 0.0346 e. The highest BCUT2D eigenvalue weighted by Gasteiger charge is 2.06. The minimum absolute atomic E-state index is 0.126. The monoisotopic (exact) mass is 186 g/mol. The molecule has 0 saturated heterocycles. The molecule has 2 aromatic rings. The van der Waals surface area contributed by atoms with Crippen molar-refractivity contribution >= 4 is 10.8 Å². The van der Waals surface area contributed by atoms with E-state index in [-0.39, 0.29) is 6.04 Å². The fourth-order valence-corrected chi connectivity index (χ4v) is 1.69. The summed E-state index contributed by atoms with van der Waals surface area (Å²) in [5.74, 6) is 0. The van der Waals surface area contributed by atoms with Crippen LogP contribution in [0, 0.1) is 0 Å². The predicted octanol–water partition coefficient (Wildman–Crippen LogP) is 2.64. The van der Waals surface area contributed by atoms with Gasteiger partial charge < -0.3 is 5.73 Å². The van der Waals surface area contributed by atoms with Crippen molar-refractivity contribution in [1.29, 1.82) is 0 Å². The molecule has 72 valence electrons. The van der Waals surface area contributed by atoms with Gasteiger partial charge in [-0.25, -0.2) is 0 Å². The second-order valence-electron chi connectivity index (χ2n) is 3.46. The fraction of sp³-hybridized carbons (Fsp3) is 0.250. The zero-order chi connectivity index (χ0) is 9.97. The molecule has 1 aromatic carbocycles. The Morgan fingerprint density at radius 2 is 2.21 bits per heavy atom. The largest absolute Gasteiger partial charge is 0.324 e. The Bertz CT molecular complexity index is 432. The summed E-state index contributed by atoms with van der Waals surface area (Å²) < 4.78 is 0. The van der Waals surface area contributed by atoms with Crippen LogP contribution in [0.3, 0.4) is 0 Å². The van der Waals surface area contributed by atoms with Crippen molar-refractivity contribution in [3.8, 4) is 0 Å².